The van der Waals surface area contributed by atoms with E-state index < -0.39 is 5.25 Å². The molecule has 0 aromatic heterocycles. The van der Waals surface area contributed by atoms with Crippen molar-refractivity contribution < 1.29 is 9.53 Å². The van der Waals surface area contributed by atoms with Crippen LogP contribution >= 0.6 is 23.4 Å². The summed E-state index contributed by atoms with van der Waals surface area (Å²) in [7, 11) is 0. The maximum atomic E-state index is 11.7. The van der Waals surface area contributed by atoms with E-state index >= 15 is 0 Å². The zero-order valence-electron chi connectivity index (χ0n) is 10.1. The van der Waals surface area contributed by atoms with Crippen LogP contribution in [0.1, 0.15) is 11.1 Å². The normalized spacial score (nSPS) is 11.6. The van der Waals surface area contributed by atoms with Crippen molar-refractivity contribution >= 4 is 29.3 Å². The van der Waals surface area contributed by atoms with Crippen LogP contribution in [0.3, 0.4) is 0 Å². The number of aryl methyl sites for hydroxylation is 1. The molecule has 0 radical (unpaired) electrons. The first kappa shape index (κ1) is 14.9. The molecular weight excluding hydrogens is 270 g/mol. The van der Waals surface area contributed by atoms with Gasteiger partial charge in [0.1, 0.15) is 17.3 Å². The first-order valence-electron chi connectivity index (χ1n) is 5.50. The molecule has 0 saturated heterocycles. The van der Waals surface area contributed by atoms with Crippen LogP contribution in [0.15, 0.2) is 24.3 Å². The van der Waals surface area contributed by atoms with Gasteiger partial charge in [-0.05, 0) is 30.7 Å². The SMILES string of the molecule is Cc1ccc(C[C@@H](SC#N)C(=O)OCCCl)cc1. The van der Waals surface area contributed by atoms with Crippen molar-refractivity contribution in [3.63, 3.8) is 0 Å². The number of hydrogen-bond donors (Lipinski definition) is 0. The van der Waals surface area contributed by atoms with E-state index in [4.69, 9.17) is 21.6 Å². The van der Waals surface area contributed by atoms with Crippen molar-refractivity contribution in [3.8, 4) is 5.40 Å². The zero-order chi connectivity index (χ0) is 13.4. The molecule has 0 aliphatic carbocycles. The molecule has 0 heterocycles. The fourth-order valence-electron chi connectivity index (χ4n) is 1.41. The van der Waals surface area contributed by atoms with Gasteiger partial charge in [-0.25, -0.2) is 0 Å². The molecule has 1 rings (SSSR count). The van der Waals surface area contributed by atoms with Crippen molar-refractivity contribution in [2.24, 2.45) is 0 Å². The minimum absolute atomic E-state index is 0.177. The quantitative estimate of drug-likeness (QED) is 0.458. The number of nitrogens with zero attached hydrogens (tertiary/aromatic N) is 1. The number of esters is 1. The average Bonchev–Trinajstić information content (AvgIpc) is 2.38. The van der Waals surface area contributed by atoms with Gasteiger partial charge in [-0.3, -0.25) is 4.79 Å². The van der Waals surface area contributed by atoms with E-state index in [-0.39, 0.29) is 18.5 Å². The number of benzene rings is 1. The highest BCUT2D eigenvalue weighted by atomic mass is 35.5. The van der Waals surface area contributed by atoms with Crippen LogP contribution in [0, 0.1) is 17.6 Å². The molecule has 0 unspecified atom stereocenters. The molecule has 0 aliphatic heterocycles. The molecule has 0 spiro atoms. The van der Waals surface area contributed by atoms with Gasteiger partial charge < -0.3 is 4.74 Å². The number of thioether (sulfide) groups is 1. The molecule has 1 atom stereocenters. The Morgan fingerprint density at radius 1 is 1.50 bits per heavy atom. The minimum atomic E-state index is -0.499. The molecular formula is C13H14ClNO2S. The van der Waals surface area contributed by atoms with E-state index in [9.17, 15) is 4.79 Å². The number of carbonyl (C=O) groups excluding carboxylic acids is 1. The lowest BCUT2D eigenvalue weighted by atomic mass is 10.1. The van der Waals surface area contributed by atoms with E-state index in [1.807, 2.05) is 36.6 Å². The number of hydrogen-bond acceptors (Lipinski definition) is 4. The Morgan fingerprint density at radius 2 is 2.17 bits per heavy atom. The molecule has 0 bridgehead atoms. The summed E-state index contributed by atoms with van der Waals surface area (Å²) in [6, 6.07) is 7.87. The van der Waals surface area contributed by atoms with Crippen LogP contribution < -0.4 is 0 Å². The van der Waals surface area contributed by atoms with E-state index in [2.05, 4.69) is 0 Å². The lowest BCUT2D eigenvalue weighted by molar-refractivity contribution is -0.142. The van der Waals surface area contributed by atoms with Crippen LogP contribution in [0.5, 0.6) is 0 Å². The van der Waals surface area contributed by atoms with Gasteiger partial charge in [0.2, 0.25) is 0 Å². The predicted octanol–water partition coefficient (Wildman–Crippen LogP) is 2.90. The molecule has 0 saturated carbocycles. The number of halogens is 1. The van der Waals surface area contributed by atoms with Crippen LogP contribution in [0.2, 0.25) is 0 Å². The summed E-state index contributed by atoms with van der Waals surface area (Å²) in [4.78, 5) is 11.7. The van der Waals surface area contributed by atoms with E-state index in [0.717, 1.165) is 22.9 Å². The monoisotopic (exact) mass is 283 g/mol. The second-order valence-corrected chi connectivity index (χ2v) is 5.11. The van der Waals surface area contributed by atoms with Crippen molar-refractivity contribution in [1.29, 1.82) is 5.26 Å². The van der Waals surface area contributed by atoms with Crippen LogP contribution in [-0.4, -0.2) is 23.7 Å². The van der Waals surface area contributed by atoms with Gasteiger partial charge in [0.15, 0.2) is 0 Å². The molecule has 3 nitrogen and oxygen atoms in total. The second-order valence-electron chi connectivity index (χ2n) is 3.74. The summed E-state index contributed by atoms with van der Waals surface area (Å²) in [5.41, 5.74) is 2.17. The van der Waals surface area contributed by atoms with Gasteiger partial charge in [0.05, 0.1) is 5.88 Å². The Kier molecular flexibility index (Phi) is 6.63. The fourth-order valence-corrected chi connectivity index (χ4v) is 2.05. The number of thiocyanates is 1. The van der Waals surface area contributed by atoms with Crippen LogP contribution in [0.4, 0.5) is 0 Å². The molecule has 5 heteroatoms. The summed E-state index contributed by atoms with van der Waals surface area (Å²) < 4.78 is 4.96. The topological polar surface area (TPSA) is 50.1 Å². The molecule has 0 N–H and O–H groups in total. The Bertz CT molecular complexity index is 428. The first-order chi connectivity index (χ1) is 8.67. The Labute approximate surface area is 116 Å². The summed E-state index contributed by atoms with van der Waals surface area (Å²) in [5, 5.41) is 10.2. The molecule has 0 amide bonds. The summed E-state index contributed by atoms with van der Waals surface area (Å²) in [6.45, 7) is 2.18. The van der Waals surface area contributed by atoms with E-state index in [1.165, 1.54) is 0 Å². The number of rotatable bonds is 6. The van der Waals surface area contributed by atoms with Gasteiger partial charge in [0.25, 0.3) is 0 Å². The van der Waals surface area contributed by atoms with Crippen molar-refractivity contribution in [1.82, 2.24) is 0 Å². The van der Waals surface area contributed by atoms with Crippen LogP contribution in [-0.2, 0) is 16.0 Å². The average molecular weight is 284 g/mol. The fraction of sp³-hybridized carbons (Fsp3) is 0.385. The first-order valence-corrected chi connectivity index (χ1v) is 6.91. The maximum absolute atomic E-state index is 11.7. The smallest absolute Gasteiger partial charge is 0.320 e. The number of nitriles is 1. The standard InChI is InChI=1S/C13H14ClNO2S/c1-10-2-4-11(5-3-10)8-12(18-9-15)13(16)17-7-6-14/h2-5,12H,6-8H2,1H3/t12-/m1/s1. The number of alkyl halides is 1. The lowest BCUT2D eigenvalue weighted by Gasteiger charge is -2.12. The van der Waals surface area contributed by atoms with Crippen molar-refractivity contribution in [3.05, 3.63) is 35.4 Å². The van der Waals surface area contributed by atoms with E-state index in [1.54, 1.807) is 0 Å². The highest BCUT2D eigenvalue weighted by Crippen LogP contribution is 2.17. The predicted molar refractivity (Wildman–Crippen MR) is 73.6 cm³/mol. The number of ether oxygens (including phenoxy) is 1. The third-order valence-corrected chi connectivity index (χ3v) is 3.22. The largest absolute Gasteiger partial charge is 0.464 e. The molecule has 0 aliphatic rings. The zero-order valence-corrected chi connectivity index (χ0v) is 11.6. The molecule has 1 aromatic rings. The third kappa shape index (κ3) is 4.99. The lowest BCUT2D eigenvalue weighted by Crippen LogP contribution is -2.23. The van der Waals surface area contributed by atoms with Gasteiger partial charge in [-0.2, -0.15) is 5.26 Å². The van der Waals surface area contributed by atoms with Gasteiger partial charge in [0, 0.05) is 0 Å². The van der Waals surface area contributed by atoms with Crippen molar-refractivity contribution in [2.45, 2.75) is 18.6 Å². The molecule has 0 fully saturated rings. The third-order valence-electron chi connectivity index (χ3n) is 2.32. The highest BCUT2D eigenvalue weighted by Gasteiger charge is 2.21. The van der Waals surface area contributed by atoms with Crippen molar-refractivity contribution in [2.75, 3.05) is 12.5 Å². The Morgan fingerprint density at radius 3 is 2.72 bits per heavy atom. The number of carbonyl (C=O) groups is 1. The van der Waals surface area contributed by atoms with Crippen LogP contribution in [0.25, 0.3) is 0 Å². The second kappa shape index (κ2) is 8.02. The Balaban J connectivity index is 2.65. The van der Waals surface area contributed by atoms with Gasteiger partial charge >= 0.3 is 5.97 Å². The summed E-state index contributed by atoms with van der Waals surface area (Å²) in [5.74, 6) is -0.122. The highest BCUT2D eigenvalue weighted by molar-refractivity contribution is 8.04. The van der Waals surface area contributed by atoms with E-state index in [0.29, 0.717) is 6.42 Å². The molecule has 96 valence electrons. The molecule has 1 aromatic carbocycles. The molecule has 18 heavy (non-hydrogen) atoms. The minimum Gasteiger partial charge on any atom is -0.464 e. The summed E-state index contributed by atoms with van der Waals surface area (Å²) >= 11 is 6.38. The Hall–Kier alpha value is -1.18. The summed E-state index contributed by atoms with van der Waals surface area (Å²) in [6.07, 6.45) is 0.486. The van der Waals surface area contributed by atoms with Gasteiger partial charge in [-0.15, -0.1) is 11.6 Å². The van der Waals surface area contributed by atoms with Gasteiger partial charge in [-0.1, -0.05) is 29.8 Å². The maximum Gasteiger partial charge on any atom is 0.320 e.